The van der Waals surface area contributed by atoms with Crippen molar-refractivity contribution in [3.8, 4) is 11.4 Å². The van der Waals surface area contributed by atoms with Crippen molar-refractivity contribution >= 4 is 5.91 Å². The molecule has 1 saturated heterocycles. The zero-order valence-electron chi connectivity index (χ0n) is 16.3. The lowest BCUT2D eigenvalue weighted by molar-refractivity contribution is -0.137. The number of nitrogens with zero attached hydrogens (tertiary/aromatic N) is 3. The summed E-state index contributed by atoms with van der Waals surface area (Å²) in [5.41, 5.74) is 4.19. The summed E-state index contributed by atoms with van der Waals surface area (Å²) in [5, 5.41) is 0. The molecule has 3 aromatic rings. The van der Waals surface area contributed by atoms with Gasteiger partial charge in [0.1, 0.15) is 0 Å². The molecule has 4 nitrogen and oxygen atoms in total. The van der Waals surface area contributed by atoms with Crippen LogP contribution in [0, 0.1) is 0 Å². The lowest BCUT2D eigenvalue weighted by Gasteiger charge is -2.38. The normalized spacial score (nSPS) is 23.5. The van der Waals surface area contributed by atoms with Crippen LogP contribution in [-0.4, -0.2) is 26.8 Å². The summed E-state index contributed by atoms with van der Waals surface area (Å²) >= 11 is 0. The van der Waals surface area contributed by atoms with Crippen LogP contribution in [0.1, 0.15) is 48.5 Å². The lowest BCUT2D eigenvalue weighted by atomic mass is 9.91. The van der Waals surface area contributed by atoms with E-state index in [4.69, 9.17) is 4.98 Å². The molecule has 2 bridgehead atoms. The molecule has 3 heterocycles. The van der Waals surface area contributed by atoms with Crippen LogP contribution in [0.5, 0.6) is 0 Å². The van der Waals surface area contributed by atoms with Gasteiger partial charge in [0.2, 0.25) is 5.91 Å². The Hall–Kier alpha value is -3.01. The molecule has 29 heavy (non-hydrogen) atoms. The van der Waals surface area contributed by atoms with Crippen molar-refractivity contribution in [2.75, 3.05) is 0 Å². The van der Waals surface area contributed by atoms with Gasteiger partial charge in [0, 0.05) is 29.8 Å². The van der Waals surface area contributed by atoms with Crippen LogP contribution in [0.2, 0.25) is 0 Å². The summed E-state index contributed by atoms with van der Waals surface area (Å²) in [4.78, 5) is 25.5. The van der Waals surface area contributed by atoms with Crippen LogP contribution < -0.4 is 0 Å². The van der Waals surface area contributed by atoms with Gasteiger partial charge < -0.3 is 4.90 Å². The number of carbonyl (C=O) groups excluding carboxylic acids is 1. The molecule has 6 rings (SSSR count). The standard InChI is InChI=1S/C25H23N3O/c29-24(25(13-14-25)18-9-5-2-6-10-18)28-19-11-12-22(28)20-16-26-23(27-21(20)15-19)17-7-3-1-4-8-17/h1-10,16,19,22H,11-15H2/t19-,22+/m0/s1. The zero-order chi connectivity index (χ0) is 19.4. The van der Waals surface area contributed by atoms with E-state index in [0.29, 0.717) is 5.91 Å². The van der Waals surface area contributed by atoms with Gasteiger partial charge in [-0.05, 0) is 31.2 Å². The maximum absolute atomic E-state index is 13.7. The second kappa shape index (κ2) is 6.24. The Labute approximate surface area is 170 Å². The predicted octanol–water partition coefficient (Wildman–Crippen LogP) is 4.46. The van der Waals surface area contributed by atoms with Gasteiger partial charge in [0.05, 0.1) is 17.2 Å². The molecule has 2 aliphatic heterocycles. The molecule has 1 aromatic heterocycles. The van der Waals surface area contributed by atoms with Crippen LogP contribution in [0.25, 0.3) is 11.4 Å². The van der Waals surface area contributed by atoms with Gasteiger partial charge in [-0.15, -0.1) is 0 Å². The summed E-state index contributed by atoms with van der Waals surface area (Å²) in [7, 11) is 0. The minimum Gasteiger partial charge on any atom is -0.331 e. The number of rotatable bonds is 3. The molecule has 4 heteroatoms. The van der Waals surface area contributed by atoms with E-state index in [9.17, 15) is 4.79 Å². The highest BCUT2D eigenvalue weighted by molar-refractivity contribution is 5.92. The molecule has 0 N–H and O–H groups in total. The van der Waals surface area contributed by atoms with Crippen LogP contribution >= 0.6 is 0 Å². The zero-order valence-corrected chi connectivity index (χ0v) is 16.3. The molecule has 1 aliphatic carbocycles. The van der Waals surface area contributed by atoms with E-state index in [1.165, 1.54) is 5.56 Å². The van der Waals surface area contributed by atoms with Crippen molar-refractivity contribution in [2.45, 2.75) is 49.6 Å². The molecule has 144 valence electrons. The Bertz CT molecular complexity index is 1080. The third-order valence-electron chi connectivity index (χ3n) is 6.94. The molecular formula is C25H23N3O. The summed E-state index contributed by atoms with van der Waals surface area (Å²) in [6, 6.07) is 20.9. The average molecular weight is 381 g/mol. The molecule has 0 radical (unpaired) electrons. The summed E-state index contributed by atoms with van der Waals surface area (Å²) in [6.45, 7) is 0. The van der Waals surface area contributed by atoms with Crippen molar-refractivity contribution in [3.05, 3.63) is 83.7 Å². The van der Waals surface area contributed by atoms with Gasteiger partial charge in [0.15, 0.2) is 5.82 Å². The van der Waals surface area contributed by atoms with E-state index in [0.717, 1.165) is 54.7 Å². The fraction of sp³-hybridized carbons (Fsp3) is 0.320. The van der Waals surface area contributed by atoms with Gasteiger partial charge in [-0.1, -0.05) is 60.7 Å². The molecule has 3 aliphatic rings. The minimum absolute atomic E-state index is 0.127. The SMILES string of the molecule is O=C(N1[C@H]2CC[C@@H]1c1cnc(-c3ccccc3)nc1C2)C1(c2ccccc2)CC1. The third kappa shape index (κ3) is 2.55. The van der Waals surface area contributed by atoms with E-state index in [-0.39, 0.29) is 17.5 Å². The van der Waals surface area contributed by atoms with Gasteiger partial charge >= 0.3 is 0 Å². The van der Waals surface area contributed by atoms with E-state index < -0.39 is 0 Å². The van der Waals surface area contributed by atoms with Crippen LogP contribution in [0.3, 0.4) is 0 Å². The van der Waals surface area contributed by atoms with Crippen LogP contribution in [-0.2, 0) is 16.6 Å². The van der Waals surface area contributed by atoms with Crippen molar-refractivity contribution in [2.24, 2.45) is 0 Å². The minimum atomic E-state index is -0.301. The highest BCUT2D eigenvalue weighted by Crippen LogP contribution is 2.53. The molecule has 0 unspecified atom stereocenters. The largest absolute Gasteiger partial charge is 0.331 e. The number of hydrogen-bond donors (Lipinski definition) is 0. The molecule has 1 saturated carbocycles. The Balaban J connectivity index is 1.34. The second-order valence-electron chi connectivity index (χ2n) is 8.57. The molecule has 0 spiro atoms. The first-order valence-electron chi connectivity index (χ1n) is 10.6. The fourth-order valence-corrected chi connectivity index (χ4v) is 5.27. The van der Waals surface area contributed by atoms with E-state index in [2.05, 4.69) is 22.0 Å². The third-order valence-corrected chi connectivity index (χ3v) is 6.94. The van der Waals surface area contributed by atoms with Gasteiger partial charge in [-0.3, -0.25) is 4.79 Å². The van der Waals surface area contributed by atoms with Crippen molar-refractivity contribution in [1.29, 1.82) is 0 Å². The number of hydrogen-bond acceptors (Lipinski definition) is 3. The van der Waals surface area contributed by atoms with Crippen LogP contribution in [0.15, 0.2) is 66.9 Å². The van der Waals surface area contributed by atoms with Crippen LogP contribution in [0.4, 0.5) is 0 Å². The molecule has 1 amide bonds. The Morgan fingerprint density at radius 2 is 1.69 bits per heavy atom. The highest BCUT2D eigenvalue weighted by atomic mass is 16.2. The smallest absolute Gasteiger partial charge is 0.234 e. The highest BCUT2D eigenvalue weighted by Gasteiger charge is 2.57. The van der Waals surface area contributed by atoms with Crippen molar-refractivity contribution < 1.29 is 4.79 Å². The van der Waals surface area contributed by atoms with E-state index in [1.54, 1.807) is 0 Å². The first-order valence-corrected chi connectivity index (χ1v) is 10.6. The van der Waals surface area contributed by atoms with E-state index in [1.807, 2.05) is 54.7 Å². The number of aromatic nitrogens is 2. The monoisotopic (exact) mass is 381 g/mol. The molecule has 2 fully saturated rings. The molecular weight excluding hydrogens is 358 g/mol. The number of carbonyl (C=O) groups is 1. The summed E-state index contributed by atoms with van der Waals surface area (Å²) in [5.74, 6) is 1.10. The molecule has 2 aromatic carbocycles. The first kappa shape index (κ1) is 16.9. The fourth-order valence-electron chi connectivity index (χ4n) is 5.27. The second-order valence-corrected chi connectivity index (χ2v) is 8.57. The average Bonchev–Trinajstić information content (AvgIpc) is 3.53. The van der Waals surface area contributed by atoms with E-state index >= 15 is 0 Å². The maximum atomic E-state index is 13.7. The van der Waals surface area contributed by atoms with Gasteiger partial charge in [-0.25, -0.2) is 9.97 Å². The van der Waals surface area contributed by atoms with Crippen molar-refractivity contribution in [3.63, 3.8) is 0 Å². The maximum Gasteiger partial charge on any atom is 0.234 e. The Morgan fingerprint density at radius 3 is 2.41 bits per heavy atom. The van der Waals surface area contributed by atoms with Gasteiger partial charge in [-0.2, -0.15) is 0 Å². The van der Waals surface area contributed by atoms with Crippen molar-refractivity contribution in [1.82, 2.24) is 14.9 Å². The predicted molar refractivity (Wildman–Crippen MR) is 111 cm³/mol. The number of benzene rings is 2. The first-order chi connectivity index (χ1) is 14.3. The summed E-state index contributed by atoms with van der Waals surface area (Å²) < 4.78 is 0. The Kier molecular flexibility index (Phi) is 3.64. The Morgan fingerprint density at radius 1 is 0.966 bits per heavy atom. The topological polar surface area (TPSA) is 46.1 Å². The quantitative estimate of drug-likeness (QED) is 0.673. The number of fused-ring (bicyclic) bond motifs is 4. The molecule has 2 atom stereocenters. The van der Waals surface area contributed by atoms with Gasteiger partial charge in [0.25, 0.3) is 0 Å². The summed E-state index contributed by atoms with van der Waals surface area (Å²) in [6.07, 6.45) is 6.80. The number of amides is 1. The lowest BCUT2D eigenvalue weighted by Crippen LogP contribution is -2.47.